The molecule has 2 saturated heterocycles. The Morgan fingerprint density at radius 1 is 1.31 bits per heavy atom. The van der Waals surface area contributed by atoms with Crippen LogP contribution in [0, 0.1) is 0 Å². The average Bonchev–Trinajstić information content (AvgIpc) is 3.07. The maximum absolute atomic E-state index is 12.8. The van der Waals surface area contributed by atoms with Crippen molar-refractivity contribution in [1.82, 2.24) is 30.1 Å². The van der Waals surface area contributed by atoms with Crippen LogP contribution in [0.2, 0.25) is 0 Å². The van der Waals surface area contributed by atoms with Crippen LogP contribution in [0.5, 0.6) is 0 Å². The summed E-state index contributed by atoms with van der Waals surface area (Å²) in [5, 5.41) is 10.3. The van der Waals surface area contributed by atoms with Crippen LogP contribution in [0.1, 0.15) is 25.5 Å². The minimum atomic E-state index is -0.393. The van der Waals surface area contributed by atoms with Crippen LogP contribution in [0.25, 0.3) is 0 Å². The van der Waals surface area contributed by atoms with Crippen molar-refractivity contribution >= 4 is 11.8 Å². The van der Waals surface area contributed by atoms with Gasteiger partial charge < -0.3 is 19.4 Å². The molecule has 0 bridgehead atoms. The van der Waals surface area contributed by atoms with Gasteiger partial charge in [0.25, 0.3) is 5.91 Å². The molecule has 1 aromatic rings. The van der Waals surface area contributed by atoms with Crippen LogP contribution < -0.4 is 0 Å². The number of hydrogen-bond acceptors (Lipinski definition) is 6. The van der Waals surface area contributed by atoms with E-state index in [-0.39, 0.29) is 17.9 Å². The molecule has 0 saturated carbocycles. The second-order valence-corrected chi connectivity index (χ2v) is 7.16. The van der Waals surface area contributed by atoms with Crippen LogP contribution in [0.3, 0.4) is 0 Å². The van der Waals surface area contributed by atoms with Gasteiger partial charge in [0.05, 0.1) is 18.5 Å². The standard InChI is InChI=1S/C17H28N6O3/c1-13-11-22(17(25)15-12-21(2)8-9-26-15)6-3-7-23(13)16(24)5-4-14-10-18-20-19-14/h10,13,15H,3-9,11-12H2,1-2H3,(H,18,19,20). The summed E-state index contributed by atoms with van der Waals surface area (Å²) in [7, 11) is 2.00. The largest absolute Gasteiger partial charge is 0.366 e. The number of carbonyl (C=O) groups is 2. The first-order chi connectivity index (χ1) is 12.5. The number of aromatic nitrogens is 3. The molecular weight excluding hydrogens is 336 g/mol. The van der Waals surface area contributed by atoms with Crippen molar-refractivity contribution in [2.24, 2.45) is 0 Å². The zero-order valence-electron chi connectivity index (χ0n) is 15.6. The predicted molar refractivity (Wildman–Crippen MR) is 94.3 cm³/mol. The fraction of sp³-hybridized carbons (Fsp3) is 0.765. The summed E-state index contributed by atoms with van der Waals surface area (Å²) in [6.07, 6.45) is 3.01. The van der Waals surface area contributed by atoms with Gasteiger partial charge in [-0.25, -0.2) is 0 Å². The fourth-order valence-corrected chi connectivity index (χ4v) is 3.59. The number of ether oxygens (including phenoxy) is 1. The Labute approximate surface area is 153 Å². The number of morpholine rings is 1. The molecule has 2 unspecified atom stereocenters. The number of aryl methyl sites for hydroxylation is 1. The SMILES string of the molecule is CC1CN(C(=O)C2CN(C)CCO2)CCCN1C(=O)CCc1cn[nH]n1. The first-order valence-electron chi connectivity index (χ1n) is 9.27. The van der Waals surface area contributed by atoms with E-state index in [2.05, 4.69) is 20.3 Å². The Morgan fingerprint density at radius 2 is 2.15 bits per heavy atom. The molecule has 2 atom stereocenters. The van der Waals surface area contributed by atoms with Crippen molar-refractivity contribution in [3.63, 3.8) is 0 Å². The molecule has 1 N–H and O–H groups in total. The van der Waals surface area contributed by atoms with Crippen molar-refractivity contribution in [2.45, 2.75) is 38.3 Å². The maximum Gasteiger partial charge on any atom is 0.253 e. The van der Waals surface area contributed by atoms with E-state index in [1.165, 1.54) is 0 Å². The van der Waals surface area contributed by atoms with Gasteiger partial charge in [0, 0.05) is 51.6 Å². The smallest absolute Gasteiger partial charge is 0.253 e. The van der Waals surface area contributed by atoms with Gasteiger partial charge in [-0.05, 0) is 20.4 Å². The highest BCUT2D eigenvalue weighted by molar-refractivity contribution is 5.82. The molecule has 9 heteroatoms. The number of nitrogens with one attached hydrogen (secondary N) is 1. The summed E-state index contributed by atoms with van der Waals surface area (Å²) < 4.78 is 5.66. The lowest BCUT2D eigenvalue weighted by Crippen LogP contribution is -2.52. The number of likely N-dealkylation sites (N-methyl/N-ethyl adjacent to an activating group) is 1. The number of aromatic amines is 1. The molecule has 9 nitrogen and oxygen atoms in total. The van der Waals surface area contributed by atoms with Gasteiger partial charge in [-0.3, -0.25) is 9.59 Å². The van der Waals surface area contributed by atoms with Crippen molar-refractivity contribution in [1.29, 1.82) is 0 Å². The first-order valence-corrected chi connectivity index (χ1v) is 9.27. The Bertz CT molecular complexity index is 608. The highest BCUT2D eigenvalue weighted by atomic mass is 16.5. The van der Waals surface area contributed by atoms with E-state index in [0.29, 0.717) is 45.6 Å². The van der Waals surface area contributed by atoms with Gasteiger partial charge in [0.1, 0.15) is 6.10 Å². The van der Waals surface area contributed by atoms with Crippen molar-refractivity contribution in [3.05, 3.63) is 11.9 Å². The highest BCUT2D eigenvalue weighted by Crippen LogP contribution is 2.15. The number of amides is 2. The summed E-state index contributed by atoms with van der Waals surface area (Å²) in [5.74, 6) is 0.142. The van der Waals surface area contributed by atoms with Crippen LogP contribution >= 0.6 is 0 Å². The zero-order chi connectivity index (χ0) is 18.5. The average molecular weight is 364 g/mol. The van der Waals surface area contributed by atoms with E-state index in [1.54, 1.807) is 6.20 Å². The van der Waals surface area contributed by atoms with E-state index in [0.717, 1.165) is 18.7 Å². The molecule has 0 radical (unpaired) electrons. The lowest BCUT2D eigenvalue weighted by molar-refractivity contribution is -0.149. The molecule has 0 aliphatic carbocycles. The minimum Gasteiger partial charge on any atom is -0.366 e. The van der Waals surface area contributed by atoms with E-state index in [4.69, 9.17) is 4.74 Å². The molecule has 3 rings (SSSR count). The Kier molecular flexibility index (Phi) is 6.20. The van der Waals surface area contributed by atoms with E-state index < -0.39 is 6.10 Å². The van der Waals surface area contributed by atoms with E-state index in [1.807, 2.05) is 23.8 Å². The predicted octanol–water partition coefficient (Wildman–Crippen LogP) is -0.483. The van der Waals surface area contributed by atoms with Gasteiger partial charge in [-0.2, -0.15) is 15.4 Å². The topological polar surface area (TPSA) is 94.7 Å². The molecule has 2 fully saturated rings. The van der Waals surface area contributed by atoms with E-state index >= 15 is 0 Å². The molecule has 0 spiro atoms. The Morgan fingerprint density at radius 3 is 2.88 bits per heavy atom. The number of hydrogen-bond donors (Lipinski definition) is 1. The quantitative estimate of drug-likeness (QED) is 0.775. The van der Waals surface area contributed by atoms with Gasteiger partial charge in [0.2, 0.25) is 5.91 Å². The second kappa shape index (κ2) is 8.59. The third-order valence-electron chi connectivity index (χ3n) is 5.08. The molecule has 2 aliphatic heterocycles. The molecular formula is C17H28N6O3. The van der Waals surface area contributed by atoms with Gasteiger partial charge >= 0.3 is 0 Å². The number of carbonyl (C=O) groups excluding carboxylic acids is 2. The van der Waals surface area contributed by atoms with Crippen molar-refractivity contribution in [3.8, 4) is 0 Å². The number of rotatable bonds is 4. The molecule has 3 heterocycles. The molecule has 0 aromatic carbocycles. The van der Waals surface area contributed by atoms with E-state index in [9.17, 15) is 9.59 Å². The summed E-state index contributed by atoms with van der Waals surface area (Å²) in [6, 6.07) is -0.00687. The maximum atomic E-state index is 12.8. The van der Waals surface area contributed by atoms with Gasteiger partial charge in [-0.15, -0.1) is 0 Å². The molecule has 1 aromatic heterocycles. The number of H-pyrrole nitrogens is 1. The van der Waals surface area contributed by atoms with Crippen LogP contribution in [0.4, 0.5) is 0 Å². The number of nitrogens with zero attached hydrogens (tertiary/aromatic N) is 5. The van der Waals surface area contributed by atoms with Crippen LogP contribution in [-0.4, -0.2) is 100 Å². The first kappa shape index (κ1) is 18.8. The Balaban J connectivity index is 1.54. The van der Waals surface area contributed by atoms with Crippen LogP contribution in [-0.2, 0) is 20.7 Å². The summed E-state index contributed by atoms with van der Waals surface area (Å²) in [4.78, 5) is 31.3. The monoisotopic (exact) mass is 364 g/mol. The Hall–Kier alpha value is -2.00. The summed E-state index contributed by atoms with van der Waals surface area (Å²) in [5.41, 5.74) is 0.788. The van der Waals surface area contributed by atoms with Crippen molar-refractivity contribution < 1.29 is 14.3 Å². The third kappa shape index (κ3) is 4.59. The molecule has 144 valence electrons. The van der Waals surface area contributed by atoms with Crippen molar-refractivity contribution in [2.75, 3.05) is 46.4 Å². The van der Waals surface area contributed by atoms with Gasteiger partial charge in [0.15, 0.2) is 0 Å². The summed E-state index contributed by atoms with van der Waals surface area (Å²) >= 11 is 0. The minimum absolute atomic E-state index is 0.00687. The lowest BCUT2D eigenvalue weighted by atomic mass is 10.2. The van der Waals surface area contributed by atoms with Crippen LogP contribution in [0.15, 0.2) is 6.20 Å². The second-order valence-electron chi connectivity index (χ2n) is 7.16. The molecule has 26 heavy (non-hydrogen) atoms. The normalized spacial score (nSPS) is 25.2. The molecule has 2 aliphatic rings. The van der Waals surface area contributed by atoms with Gasteiger partial charge in [-0.1, -0.05) is 0 Å². The highest BCUT2D eigenvalue weighted by Gasteiger charge is 2.33. The third-order valence-corrected chi connectivity index (χ3v) is 5.08. The fourth-order valence-electron chi connectivity index (χ4n) is 3.59. The lowest BCUT2D eigenvalue weighted by Gasteiger charge is -2.34. The zero-order valence-corrected chi connectivity index (χ0v) is 15.6. The summed E-state index contributed by atoms with van der Waals surface area (Å²) in [6.45, 7) is 5.97. The molecule has 2 amide bonds.